The number of aromatic hydroxyl groups is 1. The van der Waals surface area contributed by atoms with Crippen molar-refractivity contribution in [3.05, 3.63) is 72.4 Å². The van der Waals surface area contributed by atoms with E-state index in [9.17, 15) is 9.90 Å². The Kier molecular flexibility index (Phi) is 6.62. The van der Waals surface area contributed by atoms with Gasteiger partial charge in [-0.3, -0.25) is 4.79 Å². The summed E-state index contributed by atoms with van der Waals surface area (Å²) in [6, 6.07) is 15.7. The molecule has 3 nitrogen and oxygen atoms in total. The first-order valence-electron chi connectivity index (χ1n) is 6.57. The summed E-state index contributed by atoms with van der Waals surface area (Å²) in [6.45, 7) is 4.00. The molecule has 0 saturated carbocycles. The van der Waals surface area contributed by atoms with Gasteiger partial charge in [-0.1, -0.05) is 50.2 Å². The molecule has 20 heavy (non-hydrogen) atoms. The molecule has 0 aliphatic heterocycles. The zero-order valence-electron chi connectivity index (χ0n) is 11.7. The maximum absolute atomic E-state index is 11.7. The Balaban J connectivity index is 0.000000956. The van der Waals surface area contributed by atoms with Crippen LogP contribution in [0.3, 0.4) is 0 Å². The number of phenolic OH excluding ortho intramolecular Hbond substituents is 1. The van der Waals surface area contributed by atoms with Gasteiger partial charge in [0.1, 0.15) is 5.75 Å². The van der Waals surface area contributed by atoms with Gasteiger partial charge >= 0.3 is 0 Å². The predicted octanol–water partition coefficient (Wildman–Crippen LogP) is 4.23. The van der Waals surface area contributed by atoms with Gasteiger partial charge in [-0.2, -0.15) is 0 Å². The number of hydrogen-bond donors (Lipinski definition) is 2. The van der Waals surface area contributed by atoms with Crippen molar-refractivity contribution in [3.63, 3.8) is 0 Å². The van der Waals surface area contributed by atoms with Crippen LogP contribution in [0.4, 0.5) is 5.69 Å². The van der Waals surface area contributed by atoms with Crippen LogP contribution < -0.4 is 5.32 Å². The molecule has 0 amide bonds. The molecule has 2 aromatic rings. The highest BCUT2D eigenvalue weighted by atomic mass is 16.3. The average molecular weight is 269 g/mol. The third-order valence-electron chi connectivity index (χ3n) is 2.39. The van der Waals surface area contributed by atoms with Crippen LogP contribution in [0.1, 0.15) is 24.2 Å². The number of anilines is 1. The van der Waals surface area contributed by atoms with Crippen molar-refractivity contribution in [2.45, 2.75) is 13.8 Å². The van der Waals surface area contributed by atoms with Crippen molar-refractivity contribution in [3.8, 4) is 5.75 Å². The van der Waals surface area contributed by atoms with Crippen LogP contribution in [-0.4, -0.2) is 10.9 Å². The molecule has 0 aliphatic carbocycles. The van der Waals surface area contributed by atoms with Crippen molar-refractivity contribution < 1.29 is 9.90 Å². The molecule has 0 spiro atoms. The van der Waals surface area contributed by atoms with E-state index in [-0.39, 0.29) is 11.5 Å². The molecule has 0 heterocycles. The molecule has 2 N–H and O–H groups in total. The van der Waals surface area contributed by atoms with E-state index in [1.807, 2.05) is 32.0 Å². The lowest BCUT2D eigenvalue weighted by molar-refractivity contribution is 0.104. The number of allylic oxidation sites excluding steroid dienone is 1. The monoisotopic (exact) mass is 269 g/mol. The van der Waals surface area contributed by atoms with E-state index < -0.39 is 0 Å². The Morgan fingerprint density at radius 2 is 1.75 bits per heavy atom. The summed E-state index contributed by atoms with van der Waals surface area (Å²) in [5, 5.41) is 12.2. The van der Waals surface area contributed by atoms with E-state index in [0.29, 0.717) is 5.56 Å². The maximum atomic E-state index is 11.7. The van der Waals surface area contributed by atoms with Gasteiger partial charge in [0, 0.05) is 29.6 Å². The molecule has 0 atom stereocenters. The third kappa shape index (κ3) is 4.98. The zero-order valence-corrected chi connectivity index (χ0v) is 11.7. The molecule has 2 aromatic carbocycles. The molecule has 0 fully saturated rings. The molecular formula is C17H19NO2. The normalized spacial score (nSPS) is 9.70. The minimum Gasteiger partial charge on any atom is -0.508 e. The third-order valence-corrected chi connectivity index (χ3v) is 2.39. The zero-order chi connectivity index (χ0) is 14.8. The quantitative estimate of drug-likeness (QED) is 0.645. The fourth-order valence-electron chi connectivity index (χ4n) is 1.51. The first-order valence-corrected chi connectivity index (χ1v) is 6.57. The van der Waals surface area contributed by atoms with Crippen molar-refractivity contribution in [2.24, 2.45) is 0 Å². The number of rotatable bonds is 4. The van der Waals surface area contributed by atoms with Gasteiger partial charge in [0.15, 0.2) is 5.78 Å². The van der Waals surface area contributed by atoms with Gasteiger partial charge < -0.3 is 10.4 Å². The smallest absolute Gasteiger partial charge is 0.187 e. The van der Waals surface area contributed by atoms with Gasteiger partial charge in [-0.05, 0) is 12.1 Å². The lowest BCUT2D eigenvalue weighted by Gasteiger charge is -2.00. The van der Waals surface area contributed by atoms with Crippen LogP contribution in [-0.2, 0) is 0 Å². The van der Waals surface area contributed by atoms with Gasteiger partial charge in [-0.25, -0.2) is 0 Å². The van der Waals surface area contributed by atoms with E-state index >= 15 is 0 Å². The molecule has 0 aliphatic rings. The van der Waals surface area contributed by atoms with E-state index in [0.717, 1.165) is 5.69 Å². The highest BCUT2D eigenvalue weighted by Gasteiger charge is 1.98. The van der Waals surface area contributed by atoms with Crippen molar-refractivity contribution in [2.75, 3.05) is 5.32 Å². The largest absolute Gasteiger partial charge is 0.508 e. The molecule has 0 bridgehead atoms. The lowest BCUT2D eigenvalue weighted by Crippen LogP contribution is -1.95. The van der Waals surface area contributed by atoms with Crippen LogP contribution in [0.15, 0.2) is 66.9 Å². The Morgan fingerprint density at radius 1 is 1.05 bits per heavy atom. The molecule has 0 radical (unpaired) electrons. The first kappa shape index (κ1) is 15.5. The highest BCUT2D eigenvalue weighted by Crippen LogP contribution is 2.15. The Bertz CT molecular complexity index is 562. The standard InChI is InChI=1S/C15H13NO2.C2H6/c17-14-8-4-7-13(11-14)16-10-9-15(18)12-5-2-1-3-6-12;1-2/h1-11,16-17H;1-2H3/b10-9-;. The second-order valence-electron chi connectivity index (χ2n) is 3.76. The van der Waals surface area contributed by atoms with Crippen molar-refractivity contribution in [1.82, 2.24) is 0 Å². The molecule has 0 unspecified atom stereocenters. The van der Waals surface area contributed by atoms with E-state index in [1.54, 1.807) is 42.6 Å². The minimum atomic E-state index is -0.0664. The SMILES string of the molecule is CC.O=C(/C=C\Nc1cccc(O)c1)c1ccccc1. The van der Waals surface area contributed by atoms with Gasteiger partial charge in [0.25, 0.3) is 0 Å². The Labute approximate surface area is 119 Å². The molecule has 3 heteroatoms. The van der Waals surface area contributed by atoms with Crippen molar-refractivity contribution in [1.29, 1.82) is 0 Å². The Morgan fingerprint density at radius 3 is 2.40 bits per heavy atom. The molecule has 0 saturated heterocycles. The Hall–Kier alpha value is -2.55. The molecular weight excluding hydrogens is 250 g/mol. The van der Waals surface area contributed by atoms with Gasteiger partial charge in [0.2, 0.25) is 0 Å². The number of phenols is 1. The topological polar surface area (TPSA) is 49.3 Å². The summed E-state index contributed by atoms with van der Waals surface area (Å²) in [5.41, 5.74) is 1.37. The fraction of sp³-hybridized carbons (Fsp3) is 0.118. The minimum absolute atomic E-state index is 0.0664. The second-order valence-corrected chi connectivity index (χ2v) is 3.76. The molecule has 104 valence electrons. The summed E-state index contributed by atoms with van der Waals surface area (Å²) < 4.78 is 0. The fourth-order valence-corrected chi connectivity index (χ4v) is 1.51. The van der Waals surface area contributed by atoms with Gasteiger partial charge in [0.05, 0.1) is 0 Å². The summed E-state index contributed by atoms with van der Waals surface area (Å²) in [6.07, 6.45) is 3.02. The average Bonchev–Trinajstić information content (AvgIpc) is 2.50. The molecule has 0 aromatic heterocycles. The van der Waals surface area contributed by atoms with Crippen LogP contribution in [0.25, 0.3) is 0 Å². The van der Waals surface area contributed by atoms with Crippen molar-refractivity contribution >= 4 is 11.5 Å². The first-order chi connectivity index (χ1) is 9.75. The highest BCUT2D eigenvalue weighted by molar-refractivity contribution is 6.04. The number of hydrogen-bond acceptors (Lipinski definition) is 3. The lowest BCUT2D eigenvalue weighted by atomic mass is 10.1. The number of carbonyl (C=O) groups is 1. The summed E-state index contributed by atoms with van der Waals surface area (Å²) in [4.78, 5) is 11.7. The van der Waals surface area contributed by atoms with E-state index in [1.165, 1.54) is 6.08 Å². The predicted molar refractivity (Wildman–Crippen MR) is 83.0 cm³/mol. The number of ketones is 1. The number of benzene rings is 2. The molecule has 2 rings (SSSR count). The number of nitrogens with one attached hydrogen (secondary N) is 1. The van der Waals surface area contributed by atoms with E-state index in [2.05, 4.69) is 5.32 Å². The van der Waals surface area contributed by atoms with E-state index in [4.69, 9.17) is 0 Å². The second kappa shape index (κ2) is 8.53. The summed E-state index contributed by atoms with van der Waals surface area (Å²) in [7, 11) is 0. The van der Waals surface area contributed by atoms with Crippen LogP contribution >= 0.6 is 0 Å². The summed E-state index contributed by atoms with van der Waals surface area (Å²) >= 11 is 0. The summed E-state index contributed by atoms with van der Waals surface area (Å²) in [5.74, 6) is 0.117. The van der Waals surface area contributed by atoms with Crippen LogP contribution in [0, 0.1) is 0 Å². The van der Waals surface area contributed by atoms with Crippen LogP contribution in [0.5, 0.6) is 5.75 Å². The maximum Gasteiger partial charge on any atom is 0.187 e. The van der Waals surface area contributed by atoms with Crippen LogP contribution in [0.2, 0.25) is 0 Å². The van der Waals surface area contributed by atoms with Gasteiger partial charge in [-0.15, -0.1) is 0 Å². The number of carbonyl (C=O) groups excluding carboxylic acids is 1.